The Kier molecular flexibility index (Phi) is 12.7. The molecule has 4 N–H and O–H groups in total. The number of rotatable bonds is 13. The van der Waals surface area contributed by atoms with Crippen molar-refractivity contribution in [2.75, 3.05) is 0 Å². The largest absolute Gasteiger partial charge is 0.475 e. The molecule has 1 unspecified atom stereocenters. The molecule has 0 aromatic rings. The van der Waals surface area contributed by atoms with Gasteiger partial charge in [-0.25, -0.2) is 18.4 Å². The van der Waals surface area contributed by atoms with Gasteiger partial charge in [-0.05, 0) is 39.0 Å². The van der Waals surface area contributed by atoms with Crippen LogP contribution in [0.15, 0.2) is 0 Å². The molecule has 0 saturated carbocycles. The number of Topliss-reactive ketones (excluding diaryl/α,β-unsaturated/α-hetero) is 1. The number of alkyl carbamates (subject to hydrolysis) is 1. The van der Waals surface area contributed by atoms with Crippen molar-refractivity contribution in [3.8, 4) is 0 Å². The van der Waals surface area contributed by atoms with E-state index < -0.39 is 66.2 Å². The minimum Gasteiger partial charge on any atom is -0.475 e. The summed E-state index contributed by atoms with van der Waals surface area (Å²) < 4.78 is 30.9. The molecule has 0 aliphatic heterocycles. The summed E-state index contributed by atoms with van der Waals surface area (Å²) in [6.07, 6.45) is -4.49. The molecule has 0 fully saturated rings. The predicted molar refractivity (Wildman–Crippen MR) is 119 cm³/mol. The maximum absolute atomic E-state index is 13.0. The molecular formula is C22H37F2N3O7. The number of nitrogens with one attached hydrogen (secondary N) is 3. The number of hydrogen-bond acceptors (Lipinski definition) is 6. The standard InChI is InChI=1S/C22H37F2N3O7/c1-8-12(4)16(27-21(33)34-22(5,6)7)19(30)26-14(9-11(2)3)18(29)25-13(10-15(23)24)17(28)20(31)32/h11-16H,8-10H2,1-7H3,(H,25,29)(H,26,30)(H,27,33)(H,31,32)/t12?,13-,14-,16-/m0/s1. The van der Waals surface area contributed by atoms with Crippen molar-refractivity contribution in [2.24, 2.45) is 11.8 Å². The first-order valence-corrected chi connectivity index (χ1v) is 11.1. The Morgan fingerprint density at radius 1 is 0.882 bits per heavy atom. The first-order chi connectivity index (χ1) is 15.5. The van der Waals surface area contributed by atoms with Crippen molar-refractivity contribution < 1.29 is 42.6 Å². The number of carboxylic acid groups (broad SMARTS) is 1. The number of ether oxygens (including phenoxy) is 1. The fourth-order valence-corrected chi connectivity index (χ4v) is 2.93. The van der Waals surface area contributed by atoms with Gasteiger partial charge < -0.3 is 25.8 Å². The highest BCUT2D eigenvalue weighted by molar-refractivity contribution is 6.35. The minimum atomic E-state index is -3.04. The van der Waals surface area contributed by atoms with Crippen molar-refractivity contribution >= 4 is 29.7 Å². The lowest BCUT2D eigenvalue weighted by molar-refractivity contribution is -0.151. The van der Waals surface area contributed by atoms with Crippen LogP contribution in [0, 0.1) is 11.8 Å². The van der Waals surface area contributed by atoms with Crippen LogP contribution in [0.4, 0.5) is 13.6 Å². The molecule has 0 radical (unpaired) electrons. The molecule has 0 rings (SSSR count). The van der Waals surface area contributed by atoms with E-state index in [1.54, 1.807) is 48.5 Å². The van der Waals surface area contributed by atoms with Gasteiger partial charge in [0.05, 0.1) is 0 Å². The van der Waals surface area contributed by atoms with E-state index in [2.05, 4.69) is 10.6 Å². The zero-order valence-electron chi connectivity index (χ0n) is 20.7. The molecule has 34 heavy (non-hydrogen) atoms. The Hall–Kier alpha value is -2.79. The highest BCUT2D eigenvalue weighted by atomic mass is 19.3. The van der Waals surface area contributed by atoms with Gasteiger partial charge in [0.15, 0.2) is 0 Å². The number of carboxylic acids is 1. The van der Waals surface area contributed by atoms with E-state index in [-0.39, 0.29) is 18.3 Å². The summed E-state index contributed by atoms with van der Waals surface area (Å²) in [5, 5.41) is 15.9. The lowest BCUT2D eigenvalue weighted by Gasteiger charge is -2.29. The summed E-state index contributed by atoms with van der Waals surface area (Å²) >= 11 is 0. The van der Waals surface area contributed by atoms with Crippen molar-refractivity contribution in [3.05, 3.63) is 0 Å². The molecule has 0 heterocycles. The molecule has 0 aliphatic rings. The Morgan fingerprint density at radius 3 is 1.82 bits per heavy atom. The first-order valence-electron chi connectivity index (χ1n) is 11.1. The summed E-state index contributed by atoms with van der Waals surface area (Å²) in [4.78, 5) is 60.7. The average Bonchev–Trinajstić information content (AvgIpc) is 2.67. The monoisotopic (exact) mass is 493 g/mol. The Balaban J connectivity index is 5.69. The van der Waals surface area contributed by atoms with Crippen LogP contribution in [0.3, 0.4) is 0 Å². The number of halogens is 2. The quantitative estimate of drug-likeness (QED) is 0.287. The first kappa shape index (κ1) is 31.2. The Morgan fingerprint density at radius 2 is 1.41 bits per heavy atom. The van der Waals surface area contributed by atoms with Crippen LogP contribution in [0.5, 0.6) is 0 Å². The lowest BCUT2D eigenvalue weighted by Crippen LogP contribution is -2.58. The summed E-state index contributed by atoms with van der Waals surface area (Å²) in [7, 11) is 0. The molecule has 10 nitrogen and oxygen atoms in total. The van der Waals surface area contributed by atoms with Crippen molar-refractivity contribution in [3.63, 3.8) is 0 Å². The second kappa shape index (κ2) is 13.8. The highest BCUT2D eigenvalue weighted by Crippen LogP contribution is 2.14. The van der Waals surface area contributed by atoms with E-state index in [1.807, 2.05) is 5.32 Å². The Bertz CT molecular complexity index is 739. The van der Waals surface area contributed by atoms with Gasteiger partial charge in [0, 0.05) is 6.42 Å². The van der Waals surface area contributed by atoms with E-state index in [1.165, 1.54) is 0 Å². The molecule has 0 spiro atoms. The van der Waals surface area contributed by atoms with Gasteiger partial charge in [0.2, 0.25) is 18.2 Å². The SMILES string of the molecule is CCC(C)[C@H](NC(=O)OC(C)(C)C)C(=O)N[C@@H](CC(C)C)C(=O)N[C@@H](CC(F)F)C(=O)C(=O)O. The van der Waals surface area contributed by atoms with E-state index in [0.717, 1.165) is 0 Å². The molecule has 196 valence electrons. The van der Waals surface area contributed by atoms with E-state index >= 15 is 0 Å². The molecule has 12 heteroatoms. The summed E-state index contributed by atoms with van der Waals surface area (Å²) in [5.41, 5.74) is -0.809. The second-order valence-corrected chi connectivity index (χ2v) is 9.56. The van der Waals surface area contributed by atoms with Crippen molar-refractivity contribution in [1.82, 2.24) is 16.0 Å². The van der Waals surface area contributed by atoms with Gasteiger partial charge in [-0.2, -0.15) is 0 Å². The van der Waals surface area contributed by atoms with E-state index in [4.69, 9.17) is 9.84 Å². The number of hydrogen-bond donors (Lipinski definition) is 4. The van der Waals surface area contributed by atoms with Gasteiger partial charge in [0.25, 0.3) is 5.78 Å². The zero-order valence-corrected chi connectivity index (χ0v) is 20.7. The molecule has 0 aromatic carbocycles. The third kappa shape index (κ3) is 11.9. The maximum atomic E-state index is 13.0. The van der Waals surface area contributed by atoms with Crippen LogP contribution in [0.2, 0.25) is 0 Å². The van der Waals surface area contributed by atoms with Crippen molar-refractivity contribution in [1.29, 1.82) is 0 Å². The fraction of sp³-hybridized carbons (Fsp3) is 0.773. The van der Waals surface area contributed by atoms with Crippen LogP contribution >= 0.6 is 0 Å². The van der Waals surface area contributed by atoms with E-state index in [0.29, 0.717) is 6.42 Å². The molecule has 0 aliphatic carbocycles. The number of alkyl halides is 2. The molecule has 4 atom stereocenters. The number of carbonyl (C=O) groups excluding carboxylic acids is 4. The summed E-state index contributed by atoms with van der Waals surface area (Å²) in [5.74, 6) is -5.74. The molecule has 0 aromatic heterocycles. The minimum absolute atomic E-state index is 0.0693. The van der Waals surface area contributed by atoms with Gasteiger partial charge in [-0.1, -0.05) is 34.1 Å². The highest BCUT2D eigenvalue weighted by Gasteiger charge is 2.35. The summed E-state index contributed by atoms with van der Waals surface area (Å²) in [6, 6.07) is -4.29. The smallest absolute Gasteiger partial charge is 0.408 e. The van der Waals surface area contributed by atoms with Crippen LogP contribution in [0.1, 0.15) is 67.7 Å². The van der Waals surface area contributed by atoms with Gasteiger partial charge in [-0.15, -0.1) is 0 Å². The number of ketones is 1. The van der Waals surface area contributed by atoms with Crippen LogP contribution in [0.25, 0.3) is 0 Å². The Labute approximate surface area is 198 Å². The van der Waals surface area contributed by atoms with E-state index in [9.17, 15) is 32.8 Å². The fourth-order valence-electron chi connectivity index (χ4n) is 2.93. The van der Waals surface area contributed by atoms with Gasteiger partial charge >= 0.3 is 12.1 Å². The summed E-state index contributed by atoms with van der Waals surface area (Å²) in [6.45, 7) is 12.0. The molecular weight excluding hydrogens is 456 g/mol. The number of aliphatic carboxylic acids is 1. The van der Waals surface area contributed by atoms with Gasteiger partial charge in [-0.3, -0.25) is 14.4 Å². The molecule has 3 amide bonds. The normalized spacial score (nSPS) is 15.1. The van der Waals surface area contributed by atoms with Crippen LogP contribution in [-0.2, 0) is 23.9 Å². The van der Waals surface area contributed by atoms with Gasteiger partial charge in [0.1, 0.15) is 23.7 Å². The third-order valence-corrected chi connectivity index (χ3v) is 4.77. The van der Waals surface area contributed by atoms with Crippen LogP contribution < -0.4 is 16.0 Å². The topological polar surface area (TPSA) is 151 Å². The second-order valence-electron chi connectivity index (χ2n) is 9.56. The number of amides is 3. The number of carbonyl (C=O) groups is 5. The predicted octanol–water partition coefficient (Wildman–Crippen LogP) is 2.25. The molecule has 0 saturated heterocycles. The lowest BCUT2D eigenvalue weighted by atomic mass is 9.96. The molecule has 0 bridgehead atoms. The zero-order chi connectivity index (χ0) is 26.8. The average molecular weight is 494 g/mol. The third-order valence-electron chi connectivity index (χ3n) is 4.77. The van der Waals surface area contributed by atoms with Crippen molar-refractivity contribution in [2.45, 2.75) is 97.9 Å². The van der Waals surface area contributed by atoms with Crippen LogP contribution in [-0.4, -0.2) is 64.9 Å². The maximum Gasteiger partial charge on any atom is 0.408 e.